The third-order valence-electron chi connectivity index (χ3n) is 17.4. The smallest absolute Gasteiger partial charge is 0.131 e. The molecule has 10 rings (SSSR count). The van der Waals surface area contributed by atoms with Crippen molar-refractivity contribution in [3.8, 4) is 0 Å². The van der Waals surface area contributed by atoms with E-state index in [1.807, 2.05) is 0 Å². The first-order valence-corrected chi connectivity index (χ1v) is 25.0. The summed E-state index contributed by atoms with van der Waals surface area (Å²) in [5.41, 5.74) is 19.9. The number of anilines is 5. The number of hydrogen-bond donors (Lipinski definition) is 0. The van der Waals surface area contributed by atoms with Crippen LogP contribution in [0.25, 0.3) is 0 Å². The van der Waals surface area contributed by atoms with E-state index in [1.54, 1.807) is 0 Å². The largest absolute Gasteiger partial charge is 0.459 e. The molecule has 6 aliphatic rings. The molecule has 0 saturated carbocycles. The Morgan fingerprint density at radius 2 is 0.891 bits per heavy atom. The van der Waals surface area contributed by atoms with Crippen LogP contribution in [0.4, 0.5) is 28.4 Å². The Hall–Kier alpha value is -4.50. The topological polar surface area (TPSA) is 15.7 Å². The van der Waals surface area contributed by atoms with Gasteiger partial charge in [-0.1, -0.05) is 107 Å². The highest BCUT2D eigenvalue weighted by Gasteiger charge is 2.43. The molecule has 336 valence electrons. The summed E-state index contributed by atoms with van der Waals surface area (Å²) in [5, 5.41) is 0. The molecular formula is C61H76N2O. The molecule has 4 aromatic carbocycles. The van der Waals surface area contributed by atoms with E-state index in [4.69, 9.17) is 4.74 Å². The number of aryl methyl sites for hydroxylation is 1. The minimum atomic E-state index is 0.0901. The van der Waals surface area contributed by atoms with E-state index in [1.165, 1.54) is 123 Å². The summed E-state index contributed by atoms with van der Waals surface area (Å²) in [4.78, 5) is 5.23. The SMILES string of the molecule is Cc1cc(N(C2=C3OC4=C(CCC=C4)C3CCC2)c2ccc3c(c2)C(C)(C)CCC3(C)C)cc(N(c2ccc3c(c2)C(C)(C)CCC3(C)C)c2ccc3c(c2)C(C)(C)CCC3(C)C)c1. The zero-order chi connectivity index (χ0) is 45.4. The van der Waals surface area contributed by atoms with Crippen LogP contribution in [0.3, 0.4) is 0 Å². The number of allylic oxidation sites excluding steroid dienone is 4. The first-order chi connectivity index (χ1) is 30.1. The number of ether oxygens (including phenoxy) is 1. The Balaban J connectivity index is 1.21. The molecule has 0 amide bonds. The van der Waals surface area contributed by atoms with Crippen molar-refractivity contribution in [1.29, 1.82) is 0 Å². The molecule has 1 heterocycles. The van der Waals surface area contributed by atoms with Gasteiger partial charge in [-0.15, -0.1) is 0 Å². The molecule has 0 aromatic heterocycles. The third-order valence-corrected chi connectivity index (χ3v) is 17.4. The average Bonchev–Trinajstić information content (AvgIpc) is 3.63. The maximum atomic E-state index is 7.04. The van der Waals surface area contributed by atoms with E-state index in [9.17, 15) is 0 Å². The minimum Gasteiger partial charge on any atom is -0.459 e. The lowest BCUT2D eigenvalue weighted by Gasteiger charge is -2.43. The second kappa shape index (κ2) is 14.8. The van der Waals surface area contributed by atoms with Crippen molar-refractivity contribution in [1.82, 2.24) is 0 Å². The van der Waals surface area contributed by atoms with Crippen LogP contribution in [-0.4, -0.2) is 0 Å². The Labute approximate surface area is 387 Å². The van der Waals surface area contributed by atoms with Gasteiger partial charge in [0.1, 0.15) is 11.5 Å². The number of hydrogen-bond acceptors (Lipinski definition) is 3. The summed E-state index contributed by atoms with van der Waals surface area (Å²) in [5.74, 6) is 2.64. The van der Waals surface area contributed by atoms with Crippen molar-refractivity contribution in [2.45, 2.75) is 193 Å². The Morgan fingerprint density at radius 3 is 1.36 bits per heavy atom. The molecular weight excluding hydrogens is 777 g/mol. The minimum absolute atomic E-state index is 0.0901. The molecule has 0 bridgehead atoms. The van der Waals surface area contributed by atoms with Gasteiger partial charge in [0.25, 0.3) is 0 Å². The Morgan fingerprint density at radius 1 is 0.469 bits per heavy atom. The summed E-state index contributed by atoms with van der Waals surface area (Å²) in [6.45, 7) is 31.7. The fourth-order valence-electron chi connectivity index (χ4n) is 12.9. The van der Waals surface area contributed by atoms with Gasteiger partial charge >= 0.3 is 0 Å². The highest BCUT2D eigenvalue weighted by atomic mass is 16.5. The lowest BCUT2D eigenvalue weighted by Crippen LogP contribution is -2.34. The van der Waals surface area contributed by atoms with Crippen molar-refractivity contribution in [2.24, 2.45) is 5.92 Å². The quantitative estimate of drug-likeness (QED) is 0.192. The van der Waals surface area contributed by atoms with Crippen LogP contribution in [0.5, 0.6) is 0 Å². The van der Waals surface area contributed by atoms with Crippen molar-refractivity contribution in [3.05, 3.63) is 147 Å². The van der Waals surface area contributed by atoms with E-state index in [0.717, 1.165) is 37.9 Å². The van der Waals surface area contributed by atoms with Crippen molar-refractivity contribution >= 4 is 28.4 Å². The number of fused-ring (bicyclic) bond motifs is 5. The molecule has 0 radical (unpaired) electrons. The molecule has 5 aliphatic carbocycles. The van der Waals surface area contributed by atoms with E-state index in [-0.39, 0.29) is 32.5 Å². The summed E-state index contributed by atoms with van der Waals surface area (Å²) in [6.07, 6.45) is 17.2. The van der Waals surface area contributed by atoms with Gasteiger partial charge in [0.2, 0.25) is 0 Å². The van der Waals surface area contributed by atoms with Crippen LogP contribution in [0, 0.1) is 12.8 Å². The van der Waals surface area contributed by atoms with Crippen LogP contribution in [0.15, 0.2) is 108 Å². The van der Waals surface area contributed by atoms with Gasteiger partial charge in [-0.05, 0) is 215 Å². The summed E-state index contributed by atoms with van der Waals surface area (Å²) < 4.78 is 7.04. The molecule has 1 aliphatic heterocycles. The van der Waals surface area contributed by atoms with Crippen LogP contribution in [0.1, 0.15) is 193 Å². The van der Waals surface area contributed by atoms with E-state index >= 15 is 0 Å². The van der Waals surface area contributed by atoms with Crippen LogP contribution in [-0.2, 0) is 37.2 Å². The fraction of sp³-hybridized carbons (Fsp3) is 0.508. The monoisotopic (exact) mass is 853 g/mol. The second-order valence-corrected chi connectivity index (χ2v) is 24.9. The normalized spacial score (nSPS) is 23.9. The second-order valence-electron chi connectivity index (χ2n) is 24.9. The van der Waals surface area contributed by atoms with Gasteiger partial charge in [-0.25, -0.2) is 0 Å². The highest BCUT2D eigenvalue weighted by Crippen LogP contribution is 2.54. The predicted octanol–water partition coefficient (Wildman–Crippen LogP) is 17.3. The summed E-state index contributed by atoms with van der Waals surface area (Å²) >= 11 is 0. The molecule has 3 nitrogen and oxygen atoms in total. The molecule has 3 heteroatoms. The Bertz CT molecular complexity index is 2580. The molecule has 1 atom stereocenters. The fourth-order valence-corrected chi connectivity index (χ4v) is 12.9. The first-order valence-electron chi connectivity index (χ1n) is 25.0. The maximum absolute atomic E-state index is 7.04. The van der Waals surface area contributed by atoms with Gasteiger partial charge in [-0.2, -0.15) is 0 Å². The van der Waals surface area contributed by atoms with Gasteiger partial charge in [-0.3, -0.25) is 0 Å². The first kappa shape index (κ1) is 43.4. The number of benzene rings is 4. The molecule has 0 N–H and O–H groups in total. The lowest BCUT2D eigenvalue weighted by molar-refractivity contribution is 0.294. The molecule has 0 saturated heterocycles. The Kier molecular flexibility index (Phi) is 10.0. The molecule has 0 fully saturated rings. The molecule has 4 aromatic rings. The average molecular weight is 853 g/mol. The maximum Gasteiger partial charge on any atom is 0.131 e. The van der Waals surface area contributed by atoms with E-state index < -0.39 is 0 Å². The van der Waals surface area contributed by atoms with Gasteiger partial charge in [0, 0.05) is 34.4 Å². The summed E-state index contributed by atoms with van der Waals surface area (Å²) in [7, 11) is 0. The summed E-state index contributed by atoms with van der Waals surface area (Å²) in [6, 6.07) is 29.8. The highest BCUT2D eigenvalue weighted by molar-refractivity contribution is 5.83. The third kappa shape index (κ3) is 7.13. The van der Waals surface area contributed by atoms with Crippen LogP contribution < -0.4 is 9.80 Å². The zero-order valence-corrected chi connectivity index (χ0v) is 41.7. The number of nitrogens with zero attached hydrogens (tertiary/aromatic N) is 2. The molecule has 1 unspecified atom stereocenters. The van der Waals surface area contributed by atoms with Crippen molar-refractivity contribution in [2.75, 3.05) is 9.80 Å². The lowest BCUT2D eigenvalue weighted by atomic mass is 9.63. The number of rotatable bonds is 6. The standard InChI is InChI=1S/C61H76N2O/c1-39-33-43(62(40-21-24-47-50(36-40)59(8,9)30-27-56(47,2)3)41-22-25-48-51(37-41)60(10,11)31-28-57(48,4)5)35-44(34-39)63(42-23-26-49-52(38-42)61(12,13)32-29-58(49,6)7)53-19-16-18-46-45-17-14-15-20-54(45)64-55(46)53/h15,20-26,33-38,46H,14,16-19,27-32H2,1-13H3. The molecule has 64 heavy (non-hydrogen) atoms. The molecule has 0 spiro atoms. The zero-order valence-electron chi connectivity index (χ0n) is 41.7. The van der Waals surface area contributed by atoms with E-state index in [0.29, 0.717) is 5.92 Å². The van der Waals surface area contributed by atoms with Gasteiger partial charge < -0.3 is 14.5 Å². The van der Waals surface area contributed by atoms with Gasteiger partial charge in [0.05, 0.1) is 5.70 Å². The van der Waals surface area contributed by atoms with E-state index in [2.05, 4.69) is 185 Å². The predicted molar refractivity (Wildman–Crippen MR) is 271 cm³/mol. The van der Waals surface area contributed by atoms with Crippen molar-refractivity contribution < 1.29 is 4.74 Å². The van der Waals surface area contributed by atoms with Crippen LogP contribution in [0.2, 0.25) is 0 Å². The van der Waals surface area contributed by atoms with Crippen LogP contribution >= 0.6 is 0 Å². The van der Waals surface area contributed by atoms with Crippen molar-refractivity contribution in [3.63, 3.8) is 0 Å². The van der Waals surface area contributed by atoms with Gasteiger partial charge in [0.15, 0.2) is 0 Å².